The maximum Gasteiger partial charge on any atom is 0.272 e. The third-order valence-corrected chi connectivity index (χ3v) is 9.19. The van der Waals surface area contributed by atoms with E-state index in [1.165, 1.54) is 39.2 Å². The van der Waals surface area contributed by atoms with E-state index < -0.39 is 17.1 Å². The third kappa shape index (κ3) is 9.50. The molecule has 0 aliphatic carbocycles. The minimum atomic E-state index is -0.631. The Balaban J connectivity index is 1.44. The Labute approximate surface area is 306 Å². The van der Waals surface area contributed by atoms with Gasteiger partial charge in [0.2, 0.25) is 5.91 Å². The molecule has 0 radical (unpaired) electrons. The first kappa shape index (κ1) is 36.6. The molecule has 0 saturated carbocycles. The van der Waals surface area contributed by atoms with Gasteiger partial charge in [0, 0.05) is 38.5 Å². The quantitative estimate of drug-likeness (QED) is 0.0825. The van der Waals surface area contributed by atoms with Crippen molar-refractivity contribution in [3.8, 4) is 17.2 Å². The fraction of sp³-hybridized carbons (Fsp3) is 0.125. The number of ether oxygens (including phenoxy) is 3. The Kier molecular flexibility index (Phi) is 12.4. The van der Waals surface area contributed by atoms with Gasteiger partial charge in [-0.25, -0.2) is 0 Å². The molecule has 1 atom stereocenters. The number of anilines is 2. The highest BCUT2D eigenvalue weighted by molar-refractivity contribution is 8.00. The minimum Gasteiger partial charge on any atom is -0.496 e. The van der Waals surface area contributed by atoms with Gasteiger partial charge in [-0.05, 0) is 72.7 Å². The van der Waals surface area contributed by atoms with Crippen LogP contribution in [0.1, 0.15) is 32.3 Å². The molecule has 0 bridgehead atoms. The van der Waals surface area contributed by atoms with E-state index in [9.17, 15) is 14.4 Å². The fourth-order valence-electron chi connectivity index (χ4n) is 5.07. The van der Waals surface area contributed by atoms with Crippen LogP contribution in [-0.2, 0) is 9.59 Å². The maximum absolute atomic E-state index is 13.9. The van der Waals surface area contributed by atoms with E-state index in [4.69, 9.17) is 25.8 Å². The lowest BCUT2D eigenvalue weighted by atomic mass is 10.1. The van der Waals surface area contributed by atoms with E-state index in [0.717, 1.165) is 16.0 Å². The van der Waals surface area contributed by atoms with Crippen LogP contribution < -0.4 is 30.2 Å². The number of carbonyl (C=O) groups is 3. The van der Waals surface area contributed by atoms with E-state index in [1.54, 1.807) is 72.8 Å². The zero-order valence-electron chi connectivity index (χ0n) is 28.4. The summed E-state index contributed by atoms with van der Waals surface area (Å²) >= 11 is 7.55. The molecule has 3 amide bonds. The highest BCUT2D eigenvalue weighted by Crippen LogP contribution is 2.38. The Morgan fingerprint density at radius 1 is 0.725 bits per heavy atom. The number of hydrogen-bond donors (Lipinski definition) is 3. The molecule has 5 rings (SSSR count). The van der Waals surface area contributed by atoms with Gasteiger partial charge in [0.15, 0.2) is 11.5 Å². The van der Waals surface area contributed by atoms with Crippen molar-refractivity contribution in [2.45, 2.75) is 17.1 Å². The summed E-state index contributed by atoms with van der Waals surface area (Å²) in [6.45, 7) is 1.90. The Morgan fingerprint density at radius 2 is 1.39 bits per heavy atom. The van der Waals surface area contributed by atoms with Crippen LogP contribution in [0.5, 0.6) is 17.2 Å². The zero-order valence-corrected chi connectivity index (χ0v) is 29.9. The highest BCUT2D eigenvalue weighted by atomic mass is 35.5. The lowest BCUT2D eigenvalue weighted by molar-refractivity contribution is -0.116. The standard InChI is InChI=1S/C40H36ClN3O6S/c1-25-18-19-29(41)22-32(25)43-40(47)37(26-12-7-5-8-13-26)51-31-17-11-16-30(23-31)42-39(46)33(44-38(45)27-14-9-6-10-15-27)20-28-21-35(49-3)36(50-4)24-34(28)48-2/h5-24,37H,1-4H3,(H,42,46)(H,43,47)(H,44,45)/b33-20+. The average Bonchev–Trinajstić information content (AvgIpc) is 3.15. The largest absolute Gasteiger partial charge is 0.496 e. The molecule has 0 heterocycles. The number of amides is 3. The molecule has 11 heteroatoms. The van der Waals surface area contributed by atoms with Crippen LogP contribution in [0.25, 0.3) is 6.08 Å². The number of methoxy groups -OCH3 is 3. The first-order valence-corrected chi connectivity index (χ1v) is 17.0. The number of hydrogen-bond acceptors (Lipinski definition) is 7. The van der Waals surface area contributed by atoms with E-state index in [-0.39, 0.29) is 11.6 Å². The van der Waals surface area contributed by atoms with Crippen molar-refractivity contribution < 1.29 is 28.6 Å². The number of thioether (sulfide) groups is 1. The van der Waals surface area contributed by atoms with Gasteiger partial charge in [-0.3, -0.25) is 14.4 Å². The predicted molar refractivity (Wildman–Crippen MR) is 203 cm³/mol. The second-order valence-electron chi connectivity index (χ2n) is 11.2. The van der Waals surface area contributed by atoms with Crippen LogP contribution in [0, 0.1) is 6.92 Å². The number of carbonyl (C=O) groups excluding carboxylic acids is 3. The molecule has 0 aromatic heterocycles. The normalized spacial score (nSPS) is 11.6. The van der Waals surface area contributed by atoms with Crippen molar-refractivity contribution in [3.63, 3.8) is 0 Å². The maximum atomic E-state index is 13.9. The van der Waals surface area contributed by atoms with Gasteiger partial charge in [0.05, 0.1) is 21.3 Å². The smallest absolute Gasteiger partial charge is 0.272 e. The number of rotatable bonds is 13. The molecule has 0 fully saturated rings. The van der Waals surface area contributed by atoms with Crippen LogP contribution in [-0.4, -0.2) is 39.1 Å². The zero-order chi connectivity index (χ0) is 36.3. The summed E-state index contributed by atoms with van der Waals surface area (Å²) in [5.41, 5.74) is 3.53. The van der Waals surface area contributed by atoms with Crippen molar-refractivity contribution in [1.29, 1.82) is 0 Å². The van der Waals surface area contributed by atoms with Gasteiger partial charge < -0.3 is 30.2 Å². The van der Waals surface area contributed by atoms with Crippen LogP contribution >= 0.6 is 23.4 Å². The summed E-state index contributed by atoms with van der Waals surface area (Å²) in [5, 5.41) is 8.55. The summed E-state index contributed by atoms with van der Waals surface area (Å²) in [6.07, 6.45) is 1.50. The molecular weight excluding hydrogens is 686 g/mol. The first-order chi connectivity index (χ1) is 24.7. The number of nitrogens with one attached hydrogen (secondary N) is 3. The lowest BCUT2D eigenvalue weighted by Gasteiger charge is -2.19. The summed E-state index contributed by atoms with van der Waals surface area (Å²) < 4.78 is 16.4. The molecule has 1 unspecified atom stereocenters. The van der Waals surface area contributed by atoms with Crippen LogP contribution in [0.4, 0.5) is 11.4 Å². The monoisotopic (exact) mass is 721 g/mol. The second kappa shape index (κ2) is 17.3. The molecule has 3 N–H and O–H groups in total. The molecular formula is C40H36ClN3O6S. The predicted octanol–water partition coefficient (Wildman–Crippen LogP) is 8.56. The van der Waals surface area contributed by atoms with Crippen molar-refractivity contribution in [3.05, 3.63) is 148 Å². The molecule has 0 saturated heterocycles. The molecule has 260 valence electrons. The van der Waals surface area contributed by atoms with Gasteiger partial charge in [-0.1, -0.05) is 72.3 Å². The fourth-order valence-corrected chi connectivity index (χ4v) is 6.33. The van der Waals surface area contributed by atoms with Crippen molar-refractivity contribution >= 4 is 58.5 Å². The van der Waals surface area contributed by atoms with Gasteiger partial charge in [0.25, 0.3) is 11.8 Å². The Hall–Kier alpha value is -5.71. The van der Waals surface area contributed by atoms with Crippen LogP contribution in [0.3, 0.4) is 0 Å². The first-order valence-electron chi connectivity index (χ1n) is 15.8. The van der Waals surface area contributed by atoms with Gasteiger partial charge >= 0.3 is 0 Å². The Morgan fingerprint density at radius 3 is 2.08 bits per heavy atom. The van der Waals surface area contributed by atoms with E-state index in [2.05, 4.69) is 16.0 Å². The number of benzene rings is 5. The summed E-state index contributed by atoms with van der Waals surface area (Å²) in [7, 11) is 4.49. The van der Waals surface area contributed by atoms with Gasteiger partial charge in [0.1, 0.15) is 16.7 Å². The SMILES string of the molecule is COc1cc(OC)c(OC)cc1/C=C(/NC(=O)c1ccccc1)C(=O)Nc1cccc(SC(C(=O)Nc2cc(Cl)ccc2C)c2ccccc2)c1. The molecule has 9 nitrogen and oxygen atoms in total. The molecule has 51 heavy (non-hydrogen) atoms. The number of halogens is 1. The lowest BCUT2D eigenvalue weighted by Crippen LogP contribution is -2.30. The average molecular weight is 722 g/mol. The molecule has 0 aliphatic rings. The summed E-state index contributed by atoms with van der Waals surface area (Å²) in [5.74, 6) is -0.0667. The molecule has 0 spiro atoms. The van der Waals surface area contributed by atoms with Crippen molar-refractivity contribution in [2.75, 3.05) is 32.0 Å². The van der Waals surface area contributed by atoms with Crippen LogP contribution in [0.15, 0.2) is 126 Å². The number of aryl methyl sites for hydroxylation is 1. The van der Waals surface area contributed by atoms with Crippen molar-refractivity contribution in [1.82, 2.24) is 5.32 Å². The van der Waals surface area contributed by atoms with Crippen LogP contribution in [0.2, 0.25) is 5.02 Å². The second-order valence-corrected chi connectivity index (χ2v) is 12.8. The van der Waals surface area contributed by atoms with E-state index in [0.29, 0.717) is 44.8 Å². The Bertz CT molecular complexity index is 2060. The van der Waals surface area contributed by atoms with E-state index in [1.807, 2.05) is 49.4 Å². The third-order valence-electron chi connectivity index (χ3n) is 7.71. The minimum absolute atomic E-state index is 0.0501. The van der Waals surface area contributed by atoms with E-state index >= 15 is 0 Å². The van der Waals surface area contributed by atoms with Gasteiger partial charge in [-0.2, -0.15) is 0 Å². The van der Waals surface area contributed by atoms with Gasteiger partial charge in [-0.15, -0.1) is 11.8 Å². The topological polar surface area (TPSA) is 115 Å². The molecule has 5 aromatic carbocycles. The molecule has 5 aromatic rings. The molecule has 0 aliphatic heterocycles. The summed E-state index contributed by atoms with van der Waals surface area (Å²) in [6, 6.07) is 33.7. The summed E-state index contributed by atoms with van der Waals surface area (Å²) in [4.78, 5) is 41.6. The van der Waals surface area contributed by atoms with Crippen molar-refractivity contribution in [2.24, 2.45) is 0 Å². The highest BCUT2D eigenvalue weighted by Gasteiger charge is 2.24.